The molecule has 3 aromatic rings. The van der Waals surface area contributed by atoms with E-state index in [2.05, 4.69) is 15.1 Å². The number of halogens is 1. The number of aromatic nitrogens is 3. The average molecular weight is 514 g/mol. The van der Waals surface area contributed by atoms with E-state index in [0.717, 1.165) is 24.1 Å². The molecule has 0 bridgehead atoms. The van der Waals surface area contributed by atoms with Gasteiger partial charge in [-0.3, -0.25) is 0 Å². The number of anilines is 1. The highest BCUT2D eigenvalue weighted by Gasteiger charge is 2.40. The summed E-state index contributed by atoms with van der Waals surface area (Å²) < 4.78 is 45.7. The number of rotatable bonds is 6. The highest BCUT2D eigenvalue weighted by Crippen LogP contribution is 2.38. The van der Waals surface area contributed by atoms with Crippen LogP contribution in [0.25, 0.3) is 0 Å². The first-order chi connectivity index (χ1) is 17.4. The quantitative estimate of drug-likeness (QED) is 0.542. The summed E-state index contributed by atoms with van der Waals surface area (Å²) in [4.78, 5) is 2.07. The molecule has 2 saturated heterocycles. The maximum absolute atomic E-state index is 15.3. The van der Waals surface area contributed by atoms with Gasteiger partial charge in [-0.15, -0.1) is 10.2 Å². The summed E-state index contributed by atoms with van der Waals surface area (Å²) in [6.07, 6.45) is 5.38. The predicted octanol–water partition coefficient (Wildman–Crippen LogP) is 3.53. The lowest BCUT2D eigenvalue weighted by molar-refractivity contribution is 0.160. The average Bonchev–Trinajstić information content (AvgIpc) is 3.42. The second kappa shape index (κ2) is 10.3. The van der Waals surface area contributed by atoms with Gasteiger partial charge in [0.05, 0.1) is 0 Å². The smallest absolute Gasteiger partial charge is 0.221 e. The van der Waals surface area contributed by atoms with Crippen LogP contribution in [0.4, 0.5) is 10.1 Å². The van der Waals surface area contributed by atoms with E-state index in [1.165, 1.54) is 10.4 Å². The lowest BCUT2D eigenvalue weighted by atomic mass is 9.92. The topological polar surface area (TPSA) is 91.6 Å². The van der Waals surface area contributed by atoms with Crippen molar-refractivity contribution in [2.45, 2.75) is 50.1 Å². The maximum Gasteiger partial charge on any atom is 0.221 e. The van der Waals surface area contributed by atoms with E-state index in [1.807, 2.05) is 47.9 Å². The third-order valence-electron chi connectivity index (χ3n) is 7.67. The van der Waals surface area contributed by atoms with E-state index >= 15 is 4.39 Å². The van der Waals surface area contributed by atoms with Gasteiger partial charge in [0.15, 0.2) is 0 Å². The molecular formula is C26H32FN5O3S. The van der Waals surface area contributed by atoms with Gasteiger partial charge >= 0.3 is 0 Å². The minimum absolute atomic E-state index is 0.00714. The second-order valence-electron chi connectivity index (χ2n) is 9.85. The molecule has 0 amide bonds. The molecule has 8 nitrogen and oxygen atoms in total. The predicted molar refractivity (Wildman–Crippen MR) is 135 cm³/mol. The van der Waals surface area contributed by atoms with Gasteiger partial charge in [-0.05, 0) is 43.9 Å². The summed E-state index contributed by atoms with van der Waals surface area (Å²) in [5, 5.41) is 17.1. The normalized spacial score (nSPS) is 26.7. The SMILES string of the molecule is CC1CCC(c2ccccc2)S(=O)(=O)N1Cc1ccc(N2CC[C@H](n3cnnc3)[C@@H](CO)C2)cc1F. The van der Waals surface area contributed by atoms with Crippen LogP contribution in [0.3, 0.4) is 0 Å². The van der Waals surface area contributed by atoms with Crippen LogP contribution in [0, 0.1) is 11.7 Å². The minimum Gasteiger partial charge on any atom is -0.396 e. The molecule has 192 valence electrons. The molecule has 2 fully saturated rings. The van der Waals surface area contributed by atoms with Crippen LogP contribution in [0.15, 0.2) is 61.2 Å². The molecule has 4 atom stereocenters. The van der Waals surface area contributed by atoms with Crippen LogP contribution >= 0.6 is 0 Å². The van der Waals surface area contributed by atoms with Gasteiger partial charge in [0.1, 0.15) is 23.7 Å². The third kappa shape index (κ3) is 4.77. The first-order valence-electron chi connectivity index (χ1n) is 12.4. The van der Waals surface area contributed by atoms with Crippen LogP contribution in [0.5, 0.6) is 0 Å². The number of hydrogen-bond acceptors (Lipinski definition) is 6. The Labute approximate surface area is 211 Å². The monoisotopic (exact) mass is 513 g/mol. The number of hydrogen-bond donors (Lipinski definition) is 1. The van der Waals surface area contributed by atoms with Gasteiger partial charge in [-0.1, -0.05) is 36.4 Å². The van der Waals surface area contributed by atoms with Crippen LogP contribution in [-0.4, -0.2) is 58.3 Å². The van der Waals surface area contributed by atoms with Crippen molar-refractivity contribution in [2.24, 2.45) is 5.92 Å². The Morgan fingerprint density at radius 1 is 1.06 bits per heavy atom. The lowest BCUT2D eigenvalue weighted by Crippen LogP contribution is -2.45. The fourth-order valence-electron chi connectivity index (χ4n) is 5.59. The molecule has 0 radical (unpaired) electrons. The molecule has 2 aliphatic heterocycles. The van der Waals surface area contributed by atoms with Crippen LogP contribution in [-0.2, 0) is 16.6 Å². The highest BCUT2D eigenvalue weighted by atomic mass is 32.2. The van der Waals surface area contributed by atoms with E-state index in [-0.39, 0.29) is 31.2 Å². The van der Waals surface area contributed by atoms with Crippen LogP contribution < -0.4 is 4.90 Å². The van der Waals surface area contributed by atoms with E-state index in [1.54, 1.807) is 18.7 Å². The van der Waals surface area contributed by atoms with Crippen molar-refractivity contribution in [3.05, 3.63) is 78.1 Å². The Bertz CT molecular complexity index is 1270. The van der Waals surface area contributed by atoms with E-state index in [9.17, 15) is 13.5 Å². The largest absolute Gasteiger partial charge is 0.396 e. The molecule has 0 aliphatic carbocycles. The zero-order valence-corrected chi connectivity index (χ0v) is 21.1. The van der Waals surface area contributed by atoms with Gasteiger partial charge in [0, 0.05) is 55.5 Å². The molecule has 10 heteroatoms. The first-order valence-corrected chi connectivity index (χ1v) is 13.9. The molecule has 36 heavy (non-hydrogen) atoms. The molecule has 2 aromatic carbocycles. The van der Waals surface area contributed by atoms with Gasteiger partial charge in [-0.25, -0.2) is 12.8 Å². The van der Waals surface area contributed by atoms with Crippen molar-refractivity contribution in [2.75, 3.05) is 24.6 Å². The van der Waals surface area contributed by atoms with Crippen LogP contribution in [0.2, 0.25) is 0 Å². The highest BCUT2D eigenvalue weighted by molar-refractivity contribution is 7.89. The molecule has 0 spiro atoms. The standard InChI is InChI=1S/C26H32FN5O3S/c1-19-7-10-26(20-5-3-2-4-6-20)36(34,35)32(19)15-21-8-9-23(13-24(21)27)30-12-11-25(22(14-30)16-33)31-17-28-29-18-31/h2-6,8-9,13,17-19,22,25-26,33H,7,10-12,14-16H2,1H3/t19?,22-,25+,26?/m1/s1. The molecule has 5 rings (SSSR count). The van der Waals surface area contributed by atoms with E-state index < -0.39 is 21.1 Å². The Hall–Kier alpha value is -2.82. The van der Waals surface area contributed by atoms with Crippen molar-refractivity contribution < 1.29 is 17.9 Å². The van der Waals surface area contributed by atoms with Crippen molar-refractivity contribution in [3.8, 4) is 0 Å². The first kappa shape index (κ1) is 24.9. The van der Waals surface area contributed by atoms with Crippen LogP contribution in [0.1, 0.15) is 48.6 Å². The number of sulfonamides is 1. The van der Waals surface area contributed by atoms with Crippen molar-refractivity contribution in [1.29, 1.82) is 0 Å². The van der Waals surface area contributed by atoms with Gasteiger partial charge in [-0.2, -0.15) is 4.31 Å². The summed E-state index contributed by atoms with van der Waals surface area (Å²) in [7, 11) is -3.63. The van der Waals surface area contributed by atoms with Crippen molar-refractivity contribution in [3.63, 3.8) is 0 Å². The van der Waals surface area contributed by atoms with E-state index in [4.69, 9.17) is 0 Å². The molecule has 1 N–H and O–H groups in total. The summed E-state index contributed by atoms with van der Waals surface area (Å²) in [6.45, 7) is 3.18. The molecule has 1 aromatic heterocycles. The maximum atomic E-state index is 15.3. The number of aliphatic hydroxyl groups excluding tert-OH is 1. The zero-order chi connectivity index (χ0) is 25.3. The summed E-state index contributed by atoms with van der Waals surface area (Å²) in [6, 6.07) is 14.2. The molecule has 0 saturated carbocycles. The Morgan fingerprint density at radius 3 is 2.50 bits per heavy atom. The Morgan fingerprint density at radius 2 is 1.81 bits per heavy atom. The van der Waals surface area contributed by atoms with Crippen molar-refractivity contribution >= 4 is 15.7 Å². The minimum atomic E-state index is -3.63. The number of nitrogens with zero attached hydrogens (tertiary/aromatic N) is 5. The van der Waals surface area contributed by atoms with Crippen molar-refractivity contribution in [1.82, 2.24) is 19.1 Å². The Kier molecular flexibility index (Phi) is 7.09. The fraction of sp³-hybridized carbons (Fsp3) is 0.462. The number of benzene rings is 2. The molecule has 2 unspecified atom stereocenters. The molecular weight excluding hydrogens is 481 g/mol. The zero-order valence-electron chi connectivity index (χ0n) is 20.3. The summed E-state index contributed by atoms with van der Waals surface area (Å²) in [5.41, 5.74) is 1.87. The lowest BCUT2D eigenvalue weighted by Gasteiger charge is -2.39. The second-order valence-corrected chi connectivity index (χ2v) is 11.9. The number of aliphatic hydroxyl groups is 1. The summed E-state index contributed by atoms with van der Waals surface area (Å²) >= 11 is 0. The Balaban J connectivity index is 1.32. The van der Waals surface area contributed by atoms with E-state index in [0.29, 0.717) is 25.1 Å². The third-order valence-corrected chi connectivity index (χ3v) is 10.0. The molecule has 2 aliphatic rings. The van der Waals surface area contributed by atoms with Gasteiger partial charge in [0.2, 0.25) is 10.0 Å². The molecule has 3 heterocycles. The van der Waals surface area contributed by atoms with Gasteiger partial charge < -0.3 is 14.6 Å². The van der Waals surface area contributed by atoms with Gasteiger partial charge in [0.25, 0.3) is 0 Å². The fourth-order valence-corrected chi connectivity index (χ4v) is 7.78. The number of piperidine rings is 1. The summed E-state index contributed by atoms with van der Waals surface area (Å²) in [5.74, 6) is -0.454.